The maximum Gasteiger partial charge on any atom is 0.326 e. The smallest absolute Gasteiger partial charge is 0.326 e. The molecule has 1 aromatic rings. The van der Waals surface area contributed by atoms with Gasteiger partial charge in [-0.05, 0) is 41.1 Å². The van der Waals surface area contributed by atoms with Crippen LogP contribution in [-0.2, 0) is 4.79 Å². The lowest BCUT2D eigenvalue weighted by atomic mass is 10.1. The molecule has 1 rings (SSSR count). The van der Waals surface area contributed by atoms with Crippen molar-refractivity contribution < 1.29 is 14.7 Å². The lowest BCUT2D eigenvalue weighted by Crippen LogP contribution is -2.40. The van der Waals surface area contributed by atoms with Crippen molar-refractivity contribution in [1.82, 2.24) is 5.32 Å². The molecule has 0 bridgehead atoms. The number of amides is 1. The second kappa shape index (κ2) is 6.58. The van der Waals surface area contributed by atoms with E-state index in [2.05, 4.69) is 5.32 Å². The highest BCUT2D eigenvalue weighted by Gasteiger charge is 2.21. The number of carbonyl (C=O) groups is 2. The first-order chi connectivity index (χ1) is 8.36. The molecule has 1 aromatic carbocycles. The number of hydrogen-bond donors (Lipinski definition) is 2. The fraction of sp³-hybridized carbons (Fsp3) is 0.273. The average molecular weight is 402 g/mol. The first kappa shape index (κ1) is 15.5. The topological polar surface area (TPSA) is 66.4 Å². The summed E-state index contributed by atoms with van der Waals surface area (Å²) < 4.78 is 0.538. The van der Waals surface area contributed by atoms with Crippen LogP contribution in [0.25, 0.3) is 0 Å². The minimum absolute atomic E-state index is 0.271. The van der Waals surface area contributed by atoms with Gasteiger partial charge in [0.2, 0.25) is 0 Å². The van der Waals surface area contributed by atoms with Gasteiger partial charge in [-0.2, -0.15) is 0 Å². The highest BCUT2D eigenvalue weighted by atomic mass is 127. The summed E-state index contributed by atoms with van der Waals surface area (Å²) >= 11 is 13.6. The maximum atomic E-state index is 11.9. The zero-order valence-electron chi connectivity index (χ0n) is 9.34. The molecule has 2 N–H and O–H groups in total. The Morgan fingerprint density at radius 3 is 2.56 bits per heavy atom. The van der Waals surface area contributed by atoms with E-state index in [1.165, 1.54) is 12.1 Å². The molecule has 1 unspecified atom stereocenters. The Morgan fingerprint density at radius 2 is 2.06 bits per heavy atom. The normalized spacial score (nSPS) is 12.0. The molecule has 0 radical (unpaired) electrons. The average Bonchev–Trinajstić information content (AvgIpc) is 2.29. The monoisotopic (exact) mass is 401 g/mol. The Bertz CT molecular complexity index is 493. The van der Waals surface area contributed by atoms with Crippen LogP contribution in [0.2, 0.25) is 10.0 Å². The molecule has 98 valence electrons. The van der Waals surface area contributed by atoms with E-state index in [0.29, 0.717) is 20.0 Å². The minimum Gasteiger partial charge on any atom is -0.480 e. The fourth-order valence-corrected chi connectivity index (χ4v) is 2.35. The van der Waals surface area contributed by atoms with Crippen LogP contribution in [-0.4, -0.2) is 23.0 Å². The summed E-state index contributed by atoms with van der Waals surface area (Å²) in [5.74, 6) is -1.58. The minimum atomic E-state index is -1.08. The van der Waals surface area contributed by atoms with E-state index in [0.717, 1.165) is 0 Å². The van der Waals surface area contributed by atoms with E-state index in [4.69, 9.17) is 28.3 Å². The van der Waals surface area contributed by atoms with Gasteiger partial charge in [-0.3, -0.25) is 4.79 Å². The van der Waals surface area contributed by atoms with Gasteiger partial charge in [0.15, 0.2) is 0 Å². The largest absolute Gasteiger partial charge is 0.480 e. The molecule has 1 atom stereocenters. The van der Waals surface area contributed by atoms with Gasteiger partial charge in [0.25, 0.3) is 5.91 Å². The first-order valence-corrected chi connectivity index (χ1v) is 6.88. The standard InChI is InChI=1S/C11H10Cl2INO3/c1-2-8(11(17)18)15-10(16)6-3-5(12)4-7(13)9(6)14/h3-4,8H,2H2,1H3,(H,15,16)(H,17,18). The van der Waals surface area contributed by atoms with E-state index in [1.807, 2.05) is 22.6 Å². The molecule has 0 saturated heterocycles. The van der Waals surface area contributed by atoms with Crippen molar-refractivity contribution >= 4 is 57.7 Å². The van der Waals surface area contributed by atoms with Gasteiger partial charge in [-0.15, -0.1) is 0 Å². The van der Waals surface area contributed by atoms with Gasteiger partial charge in [0.05, 0.1) is 10.6 Å². The summed E-state index contributed by atoms with van der Waals surface area (Å²) in [5.41, 5.74) is 0.271. The van der Waals surface area contributed by atoms with Crippen LogP contribution < -0.4 is 5.32 Å². The third kappa shape index (κ3) is 3.73. The van der Waals surface area contributed by atoms with Crippen LogP contribution in [0.1, 0.15) is 23.7 Å². The summed E-state index contributed by atoms with van der Waals surface area (Å²) in [6, 6.07) is 2.06. The summed E-state index contributed by atoms with van der Waals surface area (Å²) in [7, 11) is 0. The number of hydrogen-bond acceptors (Lipinski definition) is 2. The fourth-order valence-electron chi connectivity index (χ4n) is 1.30. The third-order valence-electron chi connectivity index (χ3n) is 2.25. The molecule has 0 heterocycles. The first-order valence-electron chi connectivity index (χ1n) is 5.05. The van der Waals surface area contributed by atoms with Gasteiger partial charge < -0.3 is 10.4 Å². The Hall–Kier alpha value is -0.530. The Morgan fingerprint density at radius 1 is 1.44 bits per heavy atom. The van der Waals surface area contributed by atoms with E-state index < -0.39 is 17.9 Å². The SMILES string of the molecule is CCC(NC(=O)c1cc(Cl)cc(Cl)c1I)C(=O)O. The molecule has 0 aromatic heterocycles. The van der Waals surface area contributed by atoms with Gasteiger partial charge in [-0.25, -0.2) is 4.79 Å². The van der Waals surface area contributed by atoms with Gasteiger partial charge in [0.1, 0.15) is 6.04 Å². The molecule has 0 aliphatic carbocycles. The van der Waals surface area contributed by atoms with Crippen molar-refractivity contribution in [3.05, 3.63) is 31.3 Å². The van der Waals surface area contributed by atoms with Gasteiger partial charge >= 0.3 is 5.97 Å². The maximum absolute atomic E-state index is 11.9. The van der Waals surface area contributed by atoms with Crippen molar-refractivity contribution in [2.24, 2.45) is 0 Å². The van der Waals surface area contributed by atoms with Crippen LogP contribution in [0, 0.1) is 3.57 Å². The van der Waals surface area contributed by atoms with Crippen molar-refractivity contribution in [3.63, 3.8) is 0 Å². The van der Waals surface area contributed by atoms with Crippen molar-refractivity contribution in [1.29, 1.82) is 0 Å². The molecular formula is C11H10Cl2INO3. The Balaban J connectivity index is 3.01. The summed E-state index contributed by atoms with van der Waals surface area (Å²) in [6.45, 7) is 1.68. The molecule has 18 heavy (non-hydrogen) atoms. The predicted octanol–water partition coefficient (Wildman–Crippen LogP) is 3.19. The molecule has 0 aliphatic heterocycles. The van der Waals surface area contributed by atoms with E-state index in [-0.39, 0.29) is 5.56 Å². The molecule has 0 fully saturated rings. The molecule has 4 nitrogen and oxygen atoms in total. The third-order valence-corrected chi connectivity index (χ3v) is 4.25. The second-order valence-corrected chi connectivity index (χ2v) is 5.44. The summed E-state index contributed by atoms with van der Waals surface area (Å²) in [6.07, 6.45) is 0.298. The lowest BCUT2D eigenvalue weighted by Gasteiger charge is -2.13. The predicted molar refractivity (Wildman–Crippen MR) is 78.4 cm³/mol. The van der Waals surface area contributed by atoms with Crippen LogP contribution in [0.4, 0.5) is 0 Å². The molecule has 0 aliphatic rings. The van der Waals surface area contributed by atoms with E-state index in [1.54, 1.807) is 6.92 Å². The zero-order valence-corrected chi connectivity index (χ0v) is 13.0. The number of aliphatic carboxylic acids is 1. The quantitative estimate of drug-likeness (QED) is 0.601. The summed E-state index contributed by atoms with van der Waals surface area (Å²) in [5, 5.41) is 12.0. The van der Waals surface area contributed by atoms with Gasteiger partial charge in [-0.1, -0.05) is 30.1 Å². The molecular weight excluding hydrogens is 392 g/mol. The van der Waals surface area contributed by atoms with E-state index in [9.17, 15) is 9.59 Å². The lowest BCUT2D eigenvalue weighted by molar-refractivity contribution is -0.139. The Kier molecular flexibility index (Phi) is 5.68. The van der Waals surface area contributed by atoms with Crippen molar-refractivity contribution in [2.75, 3.05) is 0 Å². The number of benzene rings is 1. The van der Waals surface area contributed by atoms with Crippen LogP contribution in [0.3, 0.4) is 0 Å². The van der Waals surface area contributed by atoms with Crippen LogP contribution >= 0.6 is 45.8 Å². The van der Waals surface area contributed by atoms with E-state index >= 15 is 0 Å². The molecule has 1 amide bonds. The second-order valence-electron chi connectivity index (χ2n) is 3.52. The number of nitrogens with one attached hydrogen (secondary N) is 1. The summed E-state index contributed by atoms with van der Waals surface area (Å²) in [4.78, 5) is 22.8. The number of carboxylic acids is 1. The van der Waals surface area contributed by atoms with Crippen molar-refractivity contribution in [3.8, 4) is 0 Å². The number of carbonyl (C=O) groups excluding carboxylic acids is 1. The number of carboxylic acid groups (broad SMARTS) is 1. The molecule has 7 heteroatoms. The van der Waals surface area contributed by atoms with Crippen molar-refractivity contribution in [2.45, 2.75) is 19.4 Å². The molecule has 0 saturated carbocycles. The Labute approximate surface area is 128 Å². The number of halogens is 3. The van der Waals surface area contributed by atoms with Crippen LogP contribution in [0.15, 0.2) is 12.1 Å². The highest BCUT2D eigenvalue weighted by Crippen LogP contribution is 2.26. The molecule has 0 spiro atoms. The zero-order chi connectivity index (χ0) is 13.9. The van der Waals surface area contributed by atoms with Crippen LogP contribution in [0.5, 0.6) is 0 Å². The highest BCUT2D eigenvalue weighted by molar-refractivity contribution is 14.1. The number of rotatable bonds is 4. The van der Waals surface area contributed by atoms with Gasteiger partial charge in [0, 0.05) is 8.59 Å².